The molecule has 0 heterocycles. The fourth-order valence-corrected chi connectivity index (χ4v) is 3.39. The van der Waals surface area contributed by atoms with Crippen LogP contribution in [0.2, 0.25) is 0 Å². The molecule has 2 aromatic rings. The summed E-state index contributed by atoms with van der Waals surface area (Å²) < 4.78 is 4.68. The Bertz CT molecular complexity index is 830. The number of ether oxygens (including phenoxy) is 1. The number of hydrogen-bond acceptors (Lipinski definition) is 6. The maximum Gasteiger partial charge on any atom is 0.413 e. The van der Waals surface area contributed by atoms with Crippen molar-refractivity contribution >= 4 is 35.4 Å². The zero-order valence-corrected chi connectivity index (χ0v) is 17.3. The molecule has 7 nitrogen and oxygen atoms in total. The van der Waals surface area contributed by atoms with Crippen LogP contribution in [0.5, 0.6) is 0 Å². The summed E-state index contributed by atoms with van der Waals surface area (Å²) in [7, 11) is 0. The molecule has 0 aliphatic rings. The topological polar surface area (TPSA) is 87.7 Å². The SMILES string of the molecule is CCOC(=O)NC(=O)CN(CC)CC(=O)Nc1ccccc1Sc1ccccc1. The van der Waals surface area contributed by atoms with Crippen LogP contribution in [0, 0.1) is 0 Å². The Kier molecular flexibility index (Phi) is 9.20. The van der Waals surface area contributed by atoms with E-state index in [1.807, 2.05) is 61.5 Å². The second-order valence-corrected chi connectivity index (χ2v) is 7.15. The fraction of sp³-hybridized carbons (Fsp3) is 0.286. The van der Waals surface area contributed by atoms with E-state index in [0.29, 0.717) is 12.2 Å². The molecule has 0 spiro atoms. The largest absolute Gasteiger partial charge is 0.450 e. The molecule has 0 saturated carbocycles. The molecular weight excluding hydrogens is 390 g/mol. The Morgan fingerprint density at radius 1 is 0.931 bits per heavy atom. The number of imide groups is 1. The lowest BCUT2D eigenvalue weighted by molar-refractivity contribution is -0.122. The van der Waals surface area contributed by atoms with Gasteiger partial charge in [0.05, 0.1) is 25.4 Å². The lowest BCUT2D eigenvalue weighted by Crippen LogP contribution is -2.43. The van der Waals surface area contributed by atoms with Gasteiger partial charge in [0.15, 0.2) is 0 Å². The van der Waals surface area contributed by atoms with Crippen LogP contribution in [-0.4, -0.2) is 49.0 Å². The molecular formula is C21H25N3O4S. The molecule has 0 fully saturated rings. The summed E-state index contributed by atoms with van der Waals surface area (Å²) in [6.45, 7) is 4.09. The van der Waals surface area contributed by atoms with Gasteiger partial charge in [-0.3, -0.25) is 19.8 Å². The molecule has 0 saturated heterocycles. The number of hydrogen-bond donors (Lipinski definition) is 2. The van der Waals surface area contributed by atoms with Gasteiger partial charge in [-0.15, -0.1) is 0 Å². The number of carbonyl (C=O) groups excluding carboxylic acids is 3. The predicted octanol–water partition coefficient (Wildman–Crippen LogP) is 3.37. The molecule has 2 N–H and O–H groups in total. The highest BCUT2D eigenvalue weighted by Gasteiger charge is 2.16. The zero-order valence-electron chi connectivity index (χ0n) is 16.5. The first kappa shape index (κ1) is 22.4. The second kappa shape index (κ2) is 11.9. The lowest BCUT2D eigenvalue weighted by Gasteiger charge is -2.19. The molecule has 2 rings (SSSR count). The summed E-state index contributed by atoms with van der Waals surface area (Å²) in [4.78, 5) is 39.4. The van der Waals surface area contributed by atoms with E-state index in [1.54, 1.807) is 23.6 Å². The summed E-state index contributed by atoms with van der Waals surface area (Å²) >= 11 is 1.56. The number of rotatable bonds is 9. The van der Waals surface area contributed by atoms with Gasteiger partial charge in [0.25, 0.3) is 0 Å². The first-order valence-electron chi connectivity index (χ1n) is 9.32. The van der Waals surface area contributed by atoms with Crippen LogP contribution in [0.15, 0.2) is 64.4 Å². The standard InChI is InChI=1S/C21H25N3O4S/c1-3-24(15-20(26)23-21(27)28-4-2)14-19(25)22-17-12-8-9-13-18(17)29-16-10-6-5-7-11-16/h5-13H,3-4,14-15H2,1-2H3,(H,22,25)(H,23,26,27). The normalized spacial score (nSPS) is 10.4. The van der Waals surface area contributed by atoms with Gasteiger partial charge in [-0.25, -0.2) is 4.79 Å². The number of carbonyl (C=O) groups is 3. The van der Waals surface area contributed by atoms with Crippen LogP contribution < -0.4 is 10.6 Å². The maximum atomic E-state index is 12.5. The van der Waals surface area contributed by atoms with Crippen LogP contribution in [0.1, 0.15) is 13.8 Å². The van der Waals surface area contributed by atoms with Crippen LogP contribution in [0.25, 0.3) is 0 Å². The fourth-order valence-electron chi connectivity index (χ4n) is 2.47. The third kappa shape index (κ3) is 7.97. The molecule has 0 bridgehead atoms. The number of benzene rings is 2. The van der Waals surface area contributed by atoms with Crippen molar-refractivity contribution in [3.05, 3.63) is 54.6 Å². The third-order valence-corrected chi connectivity index (χ3v) is 4.91. The van der Waals surface area contributed by atoms with E-state index in [-0.39, 0.29) is 25.6 Å². The van der Waals surface area contributed by atoms with Gasteiger partial charge in [-0.05, 0) is 37.7 Å². The predicted molar refractivity (Wildman–Crippen MR) is 113 cm³/mol. The van der Waals surface area contributed by atoms with Crippen LogP contribution in [0.4, 0.5) is 10.5 Å². The van der Waals surface area contributed by atoms with E-state index in [4.69, 9.17) is 0 Å². The average Bonchev–Trinajstić information content (AvgIpc) is 2.69. The first-order chi connectivity index (χ1) is 14.0. The molecule has 0 aromatic heterocycles. The lowest BCUT2D eigenvalue weighted by atomic mass is 10.3. The van der Waals surface area contributed by atoms with Crippen molar-refractivity contribution < 1.29 is 19.1 Å². The number of alkyl carbamates (subject to hydrolysis) is 1. The monoisotopic (exact) mass is 415 g/mol. The Hall–Kier alpha value is -2.84. The summed E-state index contributed by atoms with van der Waals surface area (Å²) in [5.74, 6) is -0.755. The second-order valence-electron chi connectivity index (χ2n) is 6.03. The zero-order chi connectivity index (χ0) is 21.1. The van der Waals surface area contributed by atoms with Crippen molar-refractivity contribution in [2.24, 2.45) is 0 Å². The number of nitrogens with one attached hydrogen (secondary N) is 2. The maximum absolute atomic E-state index is 12.5. The number of para-hydroxylation sites is 1. The molecule has 3 amide bonds. The number of anilines is 1. The van der Waals surface area contributed by atoms with Crippen molar-refractivity contribution in [2.75, 3.05) is 31.6 Å². The Labute approximate surface area is 174 Å². The number of nitrogens with zero attached hydrogens (tertiary/aromatic N) is 1. The van der Waals surface area contributed by atoms with Crippen LogP contribution in [-0.2, 0) is 14.3 Å². The van der Waals surface area contributed by atoms with Crippen LogP contribution >= 0.6 is 11.8 Å². The van der Waals surface area contributed by atoms with E-state index < -0.39 is 12.0 Å². The quantitative estimate of drug-likeness (QED) is 0.653. The van der Waals surface area contributed by atoms with E-state index in [1.165, 1.54) is 0 Å². The van der Waals surface area contributed by atoms with Crippen molar-refractivity contribution in [1.82, 2.24) is 10.2 Å². The van der Waals surface area contributed by atoms with Crippen molar-refractivity contribution in [3.8, 4) is 0 Å². The Morgan fingerprint density at radius 2 is 1.59 bits per heavy atom. The minimum atomic E-state index is -0.787. The molecule has 0 atom stereocenters. The van der Waals surface area contributed by atoms with Gasteiger partial charge < -0.3 is 10.1 Å². The average molecular weight is 416 g/mol. The molecule has 0 aliphatic carbocycles. The first-order valence-corrected chi connectivity index (χ1v) is 10.1. The van der Waals surface area contributed by atoms with Gasteiger partial charge >= 0.3 is 6.09 Å². The molecule has 0 unspecified atom stereocenters. The highest BCUT2D eigenvalue weighted by molar-refractivity contribution is 7.99. The molecule has 0 aliphatic heterocycles. The Morgan fingerprint density at radius 3 is 2.28 bits per heavy atom. The molecule has 154 valence electrons. The van der Waals surface area contributed by atoms with Crippen molar-refractivity contribution in [3.63, 3.8) is 0 Å². The van der Waals surface area contributed by atoms with E-state index >= 15 is 0 Å². The van der Waals surface area contributed by atoms with Gasteiger partial charge in [-0.1, -0.05) is 49.0 Å². The number of likely N-dealkylation sites (N-methyl/N-ethyl adjacent to an activating group) is 1. The molecule has 29 heavy (non-hydrogen) atoms. The van der Waals surface area contributed by atoms with Gasteiger partial charge in [0.2, 0.25) is 11.8 Å². The minimum absolute atomic E-state index is 0.0249. The van der Waals surface area contributed by atoms with E-state index in [9.17, 15) is 14.4 Å². The summed E-state index contributed by atoms with van der Waals surface area (Å²) in [5.41, 5.74) is 0.707. The molecule has 8 heteroatoms. The number of amides is 3. The van der Waals surface area contributed by atoms with Crippen LogP contribution in [0.3, 0.4) is 0 Å². The highest BCUT2D eigenvalue weighted by atomic mass is 32.2. The molecule has 0 radical (unpaired) electrons. The summed E-state index contributed by atoms with van der Waals surface area (Å²) in [6.07, 6.45) is -0.787. The third-order valence-electron chi connectivity index (χ3n) is 3.83. The highest BCUT2D eigenvalue weighted by Crippen LogP contribution is 2.33. The van der Waals surface area contributed by atoms with Gasteiger partial charge in [0.1, 0.15) is 0 Å². The van der Waals surface area contributed by atoms with E-state index in [0.717, 1.165) is 9.79 Å². The summed E-state index contributed by atoms with van der Waals surface area (Å²) in [5, 5.41) is 5.03. The Balaban J connectivity index is 1.94. The summed E-state index contributed by atoms with van der Waals surface area (Å²) in [6, 6.07) is 17.4. The van der Waals surface area contributed by atoms with Gasteiger partial charge in [-0.2, -0.15) is 0 Å². The molecule has 2 aromatic carbocycles. The van der Waals surface area contributed by atoms with E-state index in [2.05, 4.69) is 15.4 Å². The minimum Gasteiger partial charge on any atom is -0.450 e. The van der Waals surface area contributed by atoms with Crippen molar-refractivity contribution in [1.29, 1.82) is 0 Å². The van der Waals surface area contributed by atoms with Crippen molar-refractivity contribution in [2.45, 2.75) is 23.6 Å². The smallest absolute Gasteiger partial charge is 0.413 e. The van der Waals surface area contributed by atoms with Gasteiger partial charge in [0, 0.05) is 9.79 Å².